The Morgan fingerprint density at radius 3 is 2.78 bits per heavy atom. The van der Waals surface area contributed by atoms with Gasteiger partial charge in [-0.05, 0) is 32.5 Å². The van der Waals surface area contributed by atoms with Crippen LogP contribution in [0, 0.1) is 0 Å². The highest BCUT2D eigenvalue weighted by Gasteiger charge is 2.12. The lowest BCUT2D eigenvalue weighted by atomic mass is 10.0. The van der Waals surface area contributed by atoms with Gasteiger partial charge in [-0.25, -0.2) is 0 Å². The van der Waals surface area contributed by atoms with E-state index in [1.165, 1.54) is 5.69 Å². The van der Waals surface area contributed by atoms with Crippen molar-refractivity contribution in [1.82, 2.24) is 15.1 Å². The van der Waals surface area contributed by atoms with Gasteiger partial charge >= 0.3 is 0 Å². The van der Waals surface area contributed by atoms with Gasteiger partial charge in [0.2, 0.25) is 0 Å². The Hall–Kier alpha value is -1.32. The van der Waals surface area contributed by atoms with Gasteiger partial charge < -0.3 is 5.32 Å². The van der Waals surface area contributed by atoms with Crippen LogP contribution < -0.4 is 5.32 Å². The van der Waals surface area contributed by atoms with Gasteiger partial charge in [0.25, 0.3) is 0 Å². The summed E-state index contributed by atoms with van der Waals surface area (Å²) < 4.78 is 1.94. The molecule has 18 heavy (non-hydrogen) atoms. The van der Waals surface area contributed by atoms with Crippen molar-refractivity contribution < 1.29 is 0 Å². The van der Waals surface area contributed by atoms with Gasteiger partial charge in [0.15, 0.2) is 0 Å². The van der Waals surface area contributed by atoms with E-state index < -0.39 is 0 Å². The molecule has 0 atom stereocenters. The average molecular weight is 264 g/mol. The van der Waals surface area contributed by atoms with Crippen molar-refractivity contribution in [2.24, 2.45) is 7.05 Å². The number of hydrogen-bond donors (Lipinski definition) is 1. The zero-order valence-electron chi connectivity index (χ0n) is 10.8. The van der Waals surface area contributed by atoms with Crippen molar-refractivity contribution in [2.45, 2.75) is 12.8 Å². The number of benzene rings is 1. The Morgan fingerprint density at radius 1 is 1.28 bits per heavy atom. The topological polar surface area (TPSA) is 29.9 Å². The molecule has 1 aromatic heterocycles. The molecule has 3 nitrogen and oxygen atoms in total. The largest absolute Gasteiger partial charge is 0.320 e. The van der Waals surface area contributed by atoms with Crippen LogP contribution in [0.1, 0.15) is 12.1 Å². The van der Waals surface area contributed by atoms with Crippen molar-refractivity contribution in [3.63, 3.8) is 0 Å². The van der Waals surface area contributed by atoms with E-state index in [-0.39, 0.29) is 0 Å². The maximum atomic E-state index is 6.25. The molecule has 1 heterocycles. The fourth-order valence-electron chi connectivity index (χ4n) is 2.10. The van der Waals surface area contributed by atoms with E-state index in [0.717, 1.165) is 35.5 Å². The lowest BCUT2D eigenvalue weighted by Crippen LogP contribution is -2.10. The third-order valence-corrected chi connectivity index (χ3v) is 3.40. The molecule has 1 aromatic carbocycles. The SMILES string of the molecule is CNCCCc1c(-c2ccccc2Cl)cnn1C. The lowest BCUT2D eigenvalue weighted by molar-refractivity contribution is 0.660. The minimum absolute atomic E-state index is 0.778. The molecular formula is C14H18ClN3. The van der Waals surface area contributed by atoms with Crippen molar-refractivity contribution in [1.29, 1.82) is 0 Å². The maximum absolute atomic E-state index is 6.25. The molecule has 2 aromatic rings. The molecule has 2 rings (SSSR count). The average Bonchev–Trinajstić information content (AvgIpc) is 2.72. The van der Waals surface area contributed by atoms with E-state index in [0.29, 0.717) is 0 Å². The van der Waals surface area contributed by atoms with Crippen LogP contribution in [0.3, 0.4) is 0 Å². The normalized spacial score (nSPS) is 10.8. The second-order valence-corrected chi connectivity index (χ2v) is 4.72. The zero-order chi connectivity index (χ0) is 13.0. The summed E-state index contributed by atoms with van der Waals surface area (Å²) in [5.74, 6) is 0. The summed E-state index contributed by atoms with van der Waals surface area (Å²) in [6, 6.07) is 7.91. The van der Waals surface area contributed by atoms with Gasteiger partial charge in [-0.2, -0.15) is 5.10 Å². The van der Waals surface area contributed by atoms with Crippen molar-refractivity contribution in [3.8, 4) is 11.1 Å². The van der Waals surface area contributed by atoms with Crippen molar-refractivity contribution >= 4 is 11.6 Å². The van der Waals surface area contributed by atoms with E-state index in [9.17, 15) is 0 Å². The molecule has 0 aliphatic heterocycles. The highest BCUT2D eigenvalue weighted by atomic mass is 35.5. The fraction of sp³-hybridized carbons (Fsp3) is 0.357. The van der Waals surface area contributed by atoms with Gasteiger partial charge in [0.05, 0.1) is 6.20 Å². The Labute approximate surface area is 113 Å². The summed E-state index contributed by atoms with van der Waals surface area (Å²) in [4.78, 5) is 0. The van der Waals surface area contributed by atoms with E-state index in [1.54, 1.807) is 0 Å². The van der Waals surface area contributed by atoms with Crippen LogP contribution in [0.15, 0.2) is 30.5 Å². The Bertz CT molecular complexity index is 520. The number of hydrogen-bond acceptors (Lipinski definition) is 2. The standard InChI is InChI=1S/C14H18ClN3/c1-16-9-5-8-14-12(10-17-18(14)2)11-6-3-4-7-13(11)15/h3-4,6-7,10,16H,5,8-9H2,1-2H3. The molecule has 0 saturated carbocycles. The van der Waals surface area contributed by atoms with Gasteiger partial charge in [0.1, 0.15) is 0 Å². The quantitative estimate of drug-likeness (QED) is 0.841. The summed E-state index contributed by atoms with van der Waals surface area (Å²) in [6.07, 6.45) is 3.99. The van der Waals surface area contributed by atoms with Crippen molar-refractivity contribution in [3.05, 3.63) is 41.2 Å². The number of nitrogens with zero attached hydrogens (tertiary/aromatic N) is 2. The molecule has 0 aliphatic rings. The van der Waals surface area contributed by atoms with E-state index in [1.807, 2.05) is 49.2 Å². The summed E-state index contributed by atoms with van der Waals surface area (Å²) in [5.41, 5.74) is 3.43. The van der Waals surface area contributed by atoms with Crippen LogP contribution in [-0.2, 0) is 13.5 Å². The fourth-order valence-corrected chi connectivity index (χ4v) is 2.33. The van der Waals surface area contributed by atoms with Crippen LogP contribution in [0.4, 0.5) is 0 Å². The van der Waals surface area contributed by atoms with Gasteiger partial charge in [-0.15, -0.1) is 0 Å². The highest BCUT2D eigenvalue weighted by Crippen LogP contribution is 2.30. The zero-order valence-corrected chi connectivity index (χ0v) is 11.5. The second kappa shape index (κ2) is 6.03. The van der Waals surface area contributed by atoms with Crippen molar-refractivity contribution in [2.75, 3.05) is 13.6 Å². The van der Waals surface area contributed by atoms with Crippen LogP contribution in [0.2, 0.25) is 5.02 Å². The maximum Gasteiger partial charge on any atom is 0.0571 e. The first-order valence-corrected chi connectivity index (χ1v) is 6.52. The molecule has 0 radical (unpaired) electrons. The molecule has 0 aliphatic carbocycles. The van der Waals surface area contributed by atoms with Gasteiger partial charge in [-0.1, -0.05) is 29.8 Å². The first-order valence-electron chi connectivity index (χ1n) is 6.14. The Kier molecular flexibility index (Phi) is 4.39. The number of nitrogens with one attached hydrogen (secondary N) is 1. The molecule has 96 valence electrons. The lowest BCUT2D eigenvalue weighted by Gasteiger charge is -2.07. The second-order valence-electron chi connectivity index (χ2n) is 4.32. The Morgan fingerprint density at radius 2 is 2.06 bits per heavy atom. The first-order chi connectivity index (χ1) is 8.74. The predicted octanol–water partition coefficient (Wildman–Crippen LogP) is 2.89. The van der Waals surface area contributed by atoms with E-state index in [4.69, 9.17) is 11.6 Å². The Balaban J connectivity index is 2.31. The number of aryl methyl sites for hydroxylation is 1. The van der Waals surface area contributed by atoms with E-state index in [2.05, 4.69) is 10.4 Å². The first kappa shape index (κ1) is 13.1. The number of rotatable bonds is 5. The number of halogens is 1. The summed E-state index contributed by atoms with van der Waals surface area (Å²) >= 11 is 6.25. The molecule has 0 bridgehead atoms. The minimum atomic E-state index is 0.778. The molecule has 4 heteroatoms. The number of aromatic nitrogens is 2. The van der Waals surface area contributed by atoms with E-state index >= 15 is 0 Å². The van der Waals surface area contributed by atoms with Gasteiger partial charge in [0, 0.05) is 28.9 Å². The smallest absolute Gasteiger partial charge is 0.0571 e. The highest BCUT2D eigenvalue weighted by molar-refractivity contribution is 6.33. The molecule has 0 amide bonds. The molecule has 0 spiro atoms. The molecule has 1 N–H and O–H groups in total. The molecule has 0 unspecified atom stereocenters. The van der Waals surface area contributed by atoms with Gasteiger partial charge in [-0.3, -0.25) is 4.68 Å². The van der Waals surface area contributed by atoms with Crippen LogP contribution in [-0.4, -0.2) is 23.4 Å². The summed E-state index contributed by atoms with van der Waals surface area (Å²) in [6.45, 7) is 1.01. The monoisotopic (exact) mass is 263 g/mol. The molecule has 0 fully saturated rings. The summed E-state index contributed by atoms with van der Waals surface area (Å²) in [7, 11) is 3.95. The van der Waals surface area contributed by atoms with Crippen LogP contribution in [0.25, 0.3) is 11.1 Å². The van der Waals surface area contributed by atoms with Crippen LogP contribution in [0.5, 0.6) is 0 Å². The third kappa shape index (κ3) is 2.74. The molecule has 0 saturated heterocycles. The third-order valence-electron chi connectivity index (χ3n) is 3.07. The molecular weight excluding hydrogens is 246 g/mol. The predicted molar refractivity (Wildman–Crippen MR) is 75.9 cm³/mol. The van der Waals surface area contributed by atoms with Crippen LogP contribution >= 0.6 is 11.6 Å². The summed E-state index contributed by atoms with van der Waals surface area (Å²) in [5, 5.41) is 8.29. The minimum Gasteiger partial charge on any atom is -0.320 e.